The van der Waals surface area contributed by atoms with Gasteiger partial charge in [-0.1, -0.05) is 36.4 Å². The number of sulfonamides is 1. The molecule has 0 bridgehead atoms. The molecule has 160 valence electrons. The van der Waals surface area contributed by atoms with Crippen LogP contribution in [0, 0.1) is 13.8 Å². The SMILES string of the molecule is Cc1nn(C)c(C)c1NS(=O)(=O)c1ccc(C[S+]([O-])c2ccc3ccccc3c2)cc1. The Morgan fingerprint density at radius 1 is 1.00 bits per heavy atom. The van der Waals surface area contributed by atoms with Crippen LogP contribution in [0.5, 0.6) is 0 Å². The molecule has 4 rings (SSSR count). The molecule has 0 radical (unpaired) electrons. The van der Waals surface area contributed by atoms with E-state index in [2.05, 4.69) is 9.82 Å². The molecule has 1 heterocycles. The molecule has 0 fully saturated rings. The highest BCUT2D eigenvalue weighted by molar-refractivity contribution is 7.92. The Bertz CT molecular complexity index is 1350. The van der Waals surface area contributed by atoms with E-state index in [1.165, 1.54) is 12.1 Å². The molecule has 0 spiro atoms. The van der Waals surface area contributed by atoms with Crippen LogP contribution in [-0.2, 0) is 34.0 Å². The molecule has 0 aliphatic carbocycles. The molecule has 0 saturated carbocycles. The number of fused-ring (bicyclic) bond motifs is 1. The highest BCUT2D eigenvalue weighted by Crippen LogP contribution is 2.25. The minimum atomic E-state index is -3.75. The molecular weight excluding hydrogens is 430 g/mol. The minimum Gasteiger partial charge on any atom is -0.611 e. The van der Waals surface area contributed by atoms with Crippen molar-refractivity contribution in [3.8, 4) is 0 Å². The number of anilines is 1. The monoisotopic (exact) mass is 453 g/mol. The van der Waals surface area contributed by atoms with Gasteiger partial charge < -0.3 is 4.55 Å². The van der Waals surface area contributed by atoms with Crippen LogP contribution in [0.4, 0.5) is 5.69 Å². The van der Waals surface area contributed by atoms with Crippen LogP contribution in [0.25, 0.3) is 10.8 Å². The Morgan fingerprint density at radius 2 is 1.68 bits per heavy atom. The van der Waals surface area contributed by atoms with Crippen molar-refractivity contribution in [3.05, 3.63) is 83.7 Å². The lowest BCUT2D eigenvalue weighted by Gasteiger charge is -2.12. The summed E-state index contributed by atoms with van der Waals surface area (Å²) < 4.78 is 42.7. The maximum Gasteiger partial charge on any atom is 0.262 e. The fourth-order valence-electron chi connectivity index (χ4n) is 3.42. The highest BCUT2D eigenvalue weighted by Gasteiger charge is 2.20. The summed E-state index contributed by atoms with van der Waals surface area (Å²) in [5.74, 6) is 0.312. The first kappa shape index (κ1) is 21.4. The Labute approximate surface area is 185 Å². The average Bonchev–Trinajstić information content (AvgIpc) is 2.99. The number of nitrogens with zero attached hydrogens (tertiary/aromatic N) is 2. The highest BCUT2D eigenvalue weighted by atomic mass is 32.2. The molecule has 1 atom stereocenters. The van der Waals surface area contributed by atoms with Gasteiger partial charge >= 0.3 is 0 Å². The van der Waals surface area contributed by atoms with Crippen LogP contribution in [0.2, 0.25) is 0 Å². The van der Waals surface area contributed by atoms with Crippen LogP contribution < -0.4 is 4.72 Å². The summed E-state index contributed by atoms with van der Waals surface area (Å²) in [6.07, 6.45) is 0. The van der Waals surface area contributed by atoms with Crippen LogP contribution in [0.3, 0.4) is 0 Å². The predicted octanol–water partition coefficient (Wildman–Crippen LogP) is 4.30. The standard InChI is InChI=1S/C23H23N3O3S2/c1-16-23(17(2)26(3)24-16)25-31(28,29)22-12-8-18(9-13-22)15-30(27)21-11-10-19-6-4-5-7-20(19)14-21/h4-14,25H,15H2,1-3H3. The van der Waals surface area contributed by atoms with Crippen LogP contribution in [0.1, 0.15) is 17.0 Å². The van der Waals surface area contributed by atoms with Gasteiger partial charge in [-0.15, -0.1) is 0 Å². The molecular formula is C23H23N3O3S2. The lowest BCUT2D eigenvalue weighted by Crippen LogP contribution is -2.14. The van der Waals surface area contributed by atoms with E-state index >= 15 is 0 Å². The van der Waals surface area contributed by atoms with E-state index in [4.69, 9.17) is 0 Å². The van der Waals surface area contributed by atoms with E-state index in [0.29, 0.717) is 17.1 Å². The van der Waals surface area contributed by atoms with E-state index < -0.39 is 21.2 Å². The maximum absolute atomic E-state index is 12.8. The smallest absolute Gasteiger partial charge is 0.262 e. The summed E-state index contributed by atoms with van der Waals surface area (Å²) in [6, 6.07) is 20.2. The third-order valence-electron chi connectivity index (χ3n) is 5.26. The number of rotatable bonds is 6. The van der Waals surface area contributed by atoms with Crippen molar-refractivity contribution in [2.45, 2.75) is 29.4 Å². The van der Waals surface area contributed by atoms with Crippen LogP contribution in [0.15, 0.2) is 76.5 Å². The summed E-state index contributed by atoms with van der Waals surface area (Å²) >= 11 is -1.23. The zero-order valence-corrected chi connectivity index (χ0v) is 19.1. The summed E-state index contributed by atoms with van der Waals surface area (Å²) in [5.41, 5.74) is 2.65. The molecule has 31 heavy (non-hydrogen) atoms. The van der Waals surface area contributed by atoms with E-state index in [0.717, 1.165) is 26.9 Å². The molecule has 0 amide bonds. The first-order chi connectivity index (χ1) is 14.7. The zero-order chi connectivity index (χ0) is 22.2. The van der Waals surface area contributed by atoms with Gasteiger partial charge in [0.2, 0.25) is 0 Å². The zero-order valence-electron chi connectivity index (χ0n) is 17.5. The molecule has 1 N–H and O–H groups in total. The topological polar surface area (TPSA) is 87.0 Å². The number of hydrogen-bond acceptors (Lipinski definition) is 4. The third kappa shape index (κ3) is 4.46. The van der Waals surface area contributed by atoms with Gasteiger partial charge in [-0.05, 0) is 60.1 Å². The van der Waals surface area contributed by atoms with Crippen molar-refractivity contribution < 1.29 is 13.0 Å². The summed E-state index contributed by atoms with van der Waals surface area (Å²) in [5, 5.41) is 6.38. The van der Waals surface area contributed by atoms with Crippen molar-refractivity contribution in [1.82, 2.24) is 9.78 Å². The van der Waals surface area contributed by atoms with Gasteiger partial charge in [0, 0.05) is 18.7 Å². The lowest BCUT2D eigenvalue weighted by molar-refractivity contribution is 0.594. The second-order valence-corrected chi connectivity index (χ2v) is 10.6. The third-order valence-corrected chi connectivity index (χ3v) is 8.00. The minimum absolute atomic E-state index is 0.149. The molecule has 3 aromatic carbocycles. The molecule has 0 aliphatic heterocycles. The van der Waals surface area contributed by atoms with Crippen molar-refractivity contribution in [3.63, 3.8) is 0 Å². The Kier molecular flexibility index (Phi) is 5.79. The van der Waals surface area contributed by atoms with E-state index in [1.807, 2.05) is 49.4 Å². The molecule has 1 unspecified atom stereocenters. The van der Waals surface area contributed by atoms with E-state index in [1.54, 1.807) is 30.8 Å². The quantitative estimate of drug-likeness (QED) is 0.441. The number of nitrogens with one attached hydrogen (secondary N) is 1. The fourth-order valence-corrected chi connectivity index (χ4v) is 5.74. The number of hydrogen-bond donors (Lipinski definition) is 1. The van der Waals surface area contributed by atoms with E-state index in [-0.39, 0.29) is 4.90 Å². The fraction of sp³-hybridized carbons (Fsp3) is 0.174. The largest absolute Gasteiger partial charge is 0.611 e. The predicted molar refractivity (Wildman–Crippen MR) is 124 cm³/mol. The first-order valence-corrected chi connectivity index (χ1v) is 12.5. The molecule has 8 heteroatoms. The van der Waals surface area contributed by atoms with Gasteiger partial charge in [0.05, 0.1) is 22.0 Å². The lowest BCUT2D eigenvalue weighted by atomic mass is 10.1. The Hall–Kier alpha value is -2.81. The average molecular weight is 454 g/mol. The Balaban J connectivity index is 1.50. The number of aryl methyl sites for hydroxylation is 2. The first-order valence-electron chi connectivity index (χ1n) is 9.74. The van der Waals surface area contributed by atoms with Gasteiger partial charge in [0.1, 0.15) is 5.75 Å². The second kappa shape index (κ2) is 8.37. The number of benzene rings is 3. The van der Waals surface area contributed by atoms with Crippen molar-refractivity contribution in [1.29, 1.82) is 0 Å². The van der Waals surface area contributed by atoms with Crippen LogP contribution in [-0.4, -0.2) is 22.8 Å². The van der Waals surface area contributed by atoms with Gasteiger partial charge in [-0.3, -0.25) is 9.40 Å². The molecule has 4 aromatic rings. The maximum atomic E-state index is 12.8. The van der Waals surface area contributed by atoms with Crippen LogP contribution >= 0.6 is 0 Å². The van der Waals surface area contributed by atoms with Crippen molar-refractivity contribution in [2.24, 2.45) is 7.05 Å². The number of aromatic nitrogens is 2. The van der Waals surface area contributed by atoms with E-state index in [9.17, 15) is 13.0 Å². The molecule has 0 aliphatic rings. The van der Waals surface area contributed by atoms with Crippen molar-refractivity contribution in [2.75, 3.05) is 4.72 Å². The summed E-state index contributed by atoms with van der Waals surface area (Å²) in [6.45, 7) is 3.57. The van der Waals surface area contributed by atoms with Gasteiger partial charge in [0.25, 0.3) is 10.0 Å². The van der Waals surface area contributed by atoms with Gasteiger partial charge in [-0.2, -0.15) is 5.10 Å². The Morgan fingerprint density at radius 3 is 2.32 bits per heavy atom. The molecule has 6 nitrogen and oxygen atoms in total. The molecule has 0 saturated heterocycles. The normalized spacial score (nSPS) is 12.8. The summed E-state index contributed by atoms with van der Waals surface area (Å²) in [4.78, 5) is 0.898. The van der Waals surface area contributed by atoms with Crippen molar-refractivity contribution >= 4 is 37.7 Å². The van der Waals surface area contributed by atoms with Gasteiger partial charge in [-0.25, -0.2) is 8.42 Å². The van der Waals surface area contributed by atoms with Gasteiger partial charge in [0.15, 0.2) is 4.90 Å². The molecule has 1 aromatic heterocycles. The summed E-state index contributed by atoms with van der Waals surface area (Å²) in [7, 11) is -1.98. The second-order valence-electron chi connectivity index (χ2n) is 7.42.